The number of likely N-dealkylation sites (N-methyl/N-ethyl adjacent to an activating group) is 1. The predicted octanol–water partition coefficient (Wildman–Crippen LogP) is 1.92. The van der Waals surface area contributed by atoms with E-state index >= 15 is 0 Å². The van der Waals surface area contributed by atoms with Gasteiger partial charge in [-0.25, -0.2) is 0 Å². The second kappa shape index (κ2) is 3.24. The molecule has 1 amide bonds. The zero-order chi connectivity index (χ0) is 11.3. The lowest BCUT2D eigenvalue weighted by atomic mass is 10.1. The molecule has 0 N–H and O–H groups in total. The molecular weight excluding hydrogens is 202 g/mol. The third kappa shape index (κ3) is 1.24. The number of carbonyl (C=O) groups excluding carboxylic acids is 1. The molecule has 0 spiro atoms. The van der Waals surface area contributed by atoms with E-state index in [1.807, 2.05) is 17.9 Å². The normalized spacial score (nSPS) is 22.0. The molecule has 0 saturated carbocycles. The Morgan fingerprint density at radius 1 is 1.44 bits per heavy atom. The fourth-order valence-electron chi connectivity index (χ4n) is 2.62. The number of nitrogens with zero attached hydrogens (tertiary/aromatic N) is 1. The number of benzene rings is 1. The number of hydrogen-bond donors (Lipinski definition) is 0. The molecule has 0 bridgehead atoms. The van der Waals surface area contributed by atoms with Crippen LogP contribution in [0.2, 0.25) is 0 Å². The molecule has 2 heterocycles. The maximum atomic E-state index is 11.7. The third-order valence-electron chi connectivity index (χ3n) is 3.35. The molecule has 84 valence electrons. The largest absolute Gasteiger partial charge is 0.490 e. The van der Waals surface area contributed by atoms with Crippen LogP contribution in [-0.4, -0.2) is 18.6 Å². The summed E-state index contributed by atoms with van der Waals surface area (Å²) in [4.78, 5) is 13.6. The third-order valence-corrected chi connectivity index (χ3v) is 3.35. The first-order valence-electron chi connectivity index (χ1n) is 5.82. The zero-order valence-corrected chi connectivity index (χ0v) is 9.62. The van der Waals surface area contributed by atoms with Crippen LogP contribution >= 0.6 is 0 Å². The van der Waals surface area contributed by atoms with E-state index in [-0.39, 0.29) is 12.0 Å². The molecule has 0 aliphatic carbocycles. The van der Waals surface area contributed by atoms with Gasteiger partial charge < -0.3 is 9.64 Å². The highest BCUT2D eigenvalue weighted by Gasteiger charge is 2.30. The van der Waals surface area contributed by atoms with Crippen LogP contribution in [0.15, 0.2) is 12.1 Å². The Bertz CT molecular complexity index is 467. The zero-order valence-electron chi connectivity index (χ0n) is 9.62. The highest BCUT2D eigenvalue weighted by Crippen LogP contribution is 2.38. The van der Waals surface area contributed by atoms with Crippen LogP contribution in [0.3, 0.4) is 0 Å². The van der Waals surface area contributed by atoms with E-state index in [0.717, 1.165) is 30.0 Å². The molecule has 0 aromatic heterocycles. The van der Waals surface area contributed by atoms with Crippen LogP contribution in [0.25, 0.3) is 0 Å². The van der Waals surface area contributed by atoms with Crippen molar-refractivity contribution in [3.8, 4) is 5.75 Å². The first-order chi connectivity index (χ1) is 7.69. The van der Waals surface area contributed by atoms with Crippen molar-refractivity contribution in [2.45, 2.75) is 32.8 Å². The van der Waals surface area contributed by atoms with Crippen LogP contribution in [0.4, 0.5) is 5.69 Å². The molecule has 3 rings (SSSR count). The summed E-state index contributed by atoms with van der Waals surface area (Å²) in [6, 6.07) is 4.17. The summed E-state index contributed by atoms with van der Waals surface area (Å²) in [5.74, 6) is 1.17. The van der Waals surface area contributed by atoms with Gasteiger partial charge >= 0.3 is 0 Å². The molecule has 16 heavy (non-hydrogen) atoms. The van der Waals surface area contributed by atoms with Crippen LogP contribution < -0.4 is 9.64 Å². The van der Waals surface area contributed by atoms with Gasteiger partial charge in [0.1, 0.15) is 11.9 Å². The monoisotopic (exact) mass is 217 g/mol. The van der Waals surface area contributed by atoms with E-state index in [1.54, 1.807) is 0 Å². The van der Waals surface area contributed by atoms with Gasteiger partial charge in [-0.2, -0.15) is 0 Å². The van der Waals surface area contributed by atoms with Crippen molar-refractivity contribution in [2.75, 3.05) is 11.4 Å². The van der Waals surface area contributed by atoms with E-state index in [4.69, 9.17) is 4.74 Å². The van der Waals surface area contributed by atoms with Gasteiger partial charge in [-0.15, -0.1) is 0 Å². The number of carbonyl (C=O) groups is 1. The molecule has 2 aliphatic rings. The van der Waals surface area contributed by atoms with Gasteiger partial charge in [0.05, 0.1) is 6.42 Å². The summed E-state index contributed by atoms with van der Waals surface area (Å²) < 4.78 is 5.71. The average Bonchev–Trinajstić information content (AvgIpc) is 2.71. The van der Waals surface area contributed by atoms with Gasteiger partial charge in [-0.05, 0) is 37.1 Å². The van der Waals surface area contributed by atoms with Gasteiger partial charge in [-0.1, -0.05) is 0 Å². The van der Waals surface area contributed by atoms with Crippen LogP contribution in [0, 0.1) is 0 Å². The van der Waals surface area contributed by atoms with Gasteiger partial charge in [-0.3, -0.25) is 4.79 Å². The minimum atomic E-state index is 0.203. The number of hydrogen-bond acceptors (Lipinski definition) is 2. The fraction of sp³-hybridized carbons (Fsp3) is 0.462. The van der Waals surface area contributed by atoms with Crippen molar-refractivity contribution in [3.05, 3.63) is 23.3 Å². The fourth-order valence-corrected chi connectivity index (χ4v) is 2.62. The van der Waals surface area contributed by atoms with Crippen molar-refractivity contribution in [1.29, 1.82) is 0 Å². The summed E-state index contributed by atoms with van der Waals surface area (Å²) >= 11 is 0. The minimum Gasteiger partial charge on any atom is -0.490 e. The number of fused-ring (bicyclic) bond motifs is 2. The molecule has 0 radical (unpaired) electrons. The lowest BCUT2D eigenvalue weighted by Crippen LogP contribution is -2.25. The molecule has 2 aliphatic heterocycles. The number of amides is 1. The Hall–Kier alpha value is -1.51. The van der Waals surface area contributed by atoms with E-state index in [0.29, 0.717) is 6.42 Å². The standard InChI is InChI=1S/C13H15NO2/c1-3-14-11-5-10-4-8(2)16-12(10)6-9(11)7-13(14)15/h5-6,8H,3-4,7H2,1-2H3. The Balaban J connectivity index is 2.08. The predicted molar refractivity (Wildman–Crippen MR) is 62.0 cm³/mol. The molecule has 0 saturated heterocycles. The summed E-state index contributed by atoms with van der Waals surface area (Å²) in [6.07, 6.45) is 1.74. The Kier molecular flexibility index (Phi) is 1.96. The first kappa shape index (κ1) is 9.70. The average molecular weight is 217 g/mol. The lowest BCUT2D eigenvalue weighted by molar-refractivity contribution is -0.117. The first-order valence-corrected chi connectivity index (χ1v) is 5.82. The van der Waals surface area contributed by atoms with Gasteiger partial charge in [0.2, 0.25) is 5.91 Å². The molecule has 1 atom stereocenters. The second-order valence-corrected chi connectivity index (χ2v) is 4.54. The summed E-state index contributed by atoms with van der Waals surface area (Å²) in [6.45, 7) is 4.84. The van der Waals surface area contributed by atoms with E-state index in [2.05, 4.69) is 13.0 Å². The molecule has 3 heteroatoms. The van der Waals surface area contributed by atoms with Crippen molar-refractivity contribution in [3.63, 3.8) is 0 Å². The van der Waals surface area contributed by atoms with Crippen LogP contribution in [0.1, 0.15) is 25.0 Å². The Labute approximate surface area is 95.0 Å². The van der Waals surface area contributed by atoms with E-state index in [1.165, 1.54) is 5.56 Å². The minimum absolute atomic E-state index is 0.203. The molecular formula is C13H15NO2. The summed E-state index contributed by atoms with van der Waals surface area (Å²) in [5, 5.41) is 0. The van der Waals surface area contributed by atoms with E-state index in [9.17, 15) is 4.79 Å². The topological polar surface area (TPSA) is 29.5 Å². The van der Waals surface area contributed by atoms with Crippen LogP contribution in [-0.2, 0) is 17.6 Å². The summed E-state index contributed by atoms with van der Waals surface area (Å²) in [5.41, 5.74) is 3.43. The molecule has 1 aromatic carbocycles. The number of anilines is 1. The van der Waals surface area contributed by atoms with Gasteiger partial charge in [0.15, 0.2) is 0 Å². The second-order valence-electron chi connectivity index (χ2n) is 4.54. The van der Waals surface area contributed by atoms with Crippen molar-refractivity contribution in [2.24, 2.45) is 0 Å². The lowest BCUT2D eigenvalue weighted by Gasteiger charge is -2.15. The Morgan fingerprint density at radius 2 is 2.25 bits per heavy atom. The molecule has 3 nitrogen and oxygen atoms in total. The van der Waals surface area contributed by atoms with Crippen molar-refractivity contribution >= 4 is 11.6 Å². The quantitative estimate of drug-likeness (QED) is 0.719. The molecule has 1 aromatic rings. The highest BCUT2D eigenvalue weighted by atomic mass is 16.5. The Morgan fingerprint density at radius 3 is 3.00 bits per heavy atom. The number of ether oxygens (including phenoxy) is 1. The highest BCUT2D eigenvalue weighted by molar-refractivity contribution is 6.01. The maximum absolute atomic E-state index is 11.7. The summed E-state index contributed by atoms with van der Waals surface area (Å²) in [7, 11) is 0. The molecule has 0 fully saturated rings. The SMILES string of the molecule is CCN1C(=O)Cc2cc3c(cc21)CC(C)O3. The van der Waals surface area contributed by atoms with Gasteiger partial charge in [0, 0.05) is 18.7 Å². The van der Waals surface area contributed by atoms with Crippen molar-refractivity contribution in [1.82, 2.24) is 0 Å². The van der Waals surface area contributed by atoms with Gasteiger partial charge in [0.25, 0.3) is 0 Å². The smallest absolute Gasteiger partial charge is 0.231 e. The maximum Gasteiger partial charge on any atom is 0.231 e. The van der Waals surface area contributed by atoms with Crippen LogP contribution in [0.5, 0.6) is 5.75 Å². The molecule has 1 unspecified atom stereocenters. The van der Waals surface area contributed by atoms with Crippen molar-refractivity contribution < 1.29 is 9.53 Å². The van der Waals surface area contributed by atoms with E-state index < -0.39 is 0 Å². The number of rotatable bonds is 1.